The molecule has 0 radical (unpaired) electrons. The van der Waals surface area contributed by atoms with Gasteiger partial charge in [0.05, 0.1) is 6.42 Å². The Balaban J connectivity index is 1.57. The van der Waals surface area contributed by atoms with Crippen molar-refractivity contribution >= 4 is 11.8 Å². The maximum Gasteiger partial charge on any atom is 0.308 e. The first-order valence-corrected chi connectivity index (χ1v) is 11.4. The van der Waals surface area contributed by atoms with E-state index in [1.165, 1.54) is 0 Å². The van der Waals surface area contributed by atoms with Crippen LogP contribution in [0, 0.1) is 29.1 Å². The minimum absolute atomic E-state index is 0.0578. The van der Waals surface area contributed by atoms with Crippen LogP contribution in [0.2, 0.25) is 0 Å². The zero-order valence-corrected chi connectivity index (χ0v) is 19.1. The Morgan fingerprint density at radius 3 is 2.50 bits per heavy atom. The monoisotopic (exact) mass is 424 g/mol. The van der Waals surface area contributed by atoms with Crippen molar-refractivity contribution in [1.29, 1.82) is 0 Å². The van der Waals surface area contributed by atoms with Crippen molar-refractivity contribution in [2.24, 2.45) is 29.1 Å². The number of rotatable bonds is 5. The average Bonchev–Trinajstić information content (AvgIpc) is 2.92. The predicted molar refractivity (Wildman–Crippen MR) is 107 cm³/mol. The summed E-state index contributed by atoms with van der Waals surface area (Å²) in [4.78, 5) is 36.4. The van der Waals surface area contributed by atoms with Crippen molar-refractivity contribution in [2.75, 3.05) is 0 Å². The van der Waals surface area contributed by atoms with Crippen LogP contribution < -0.4 is 0 Å². The molecule has 2 bridgehead atoms. The smallest absolute Gasteiger partial charge is 0.308 e. The van der Waals surface area contributed by atoms with E-state index in [1.807, 2.05) is 20.8 Å². The molecule has 4 aliphatic heterocycles. The highest BCUT2D eigenvalue weighted by molar-refractivity contribution is 5.84. The van der Waals surface area contributed by atoms with E-state index in [0.29, 0.717) is 5.92 Å². The number of esters is 1. The van der Waals surface area contributed by atoms with Gasteiger partial charge >= 0.3 is 5.97 Å². The van der Waals surface area contributed by atoms with Gasteiger partial charge in [-0.2, -0.15) is 0 Å². The number of ether oxygens (including phenoxy) is 3. The summed E-state index contributed by atoms with van der Waals surface area (Å²) in [6.07, 6.45) is 2.51. The summed E-state index contributed by atoms with van der Waals surface area (Å²) in [5.41, 5.74) is -1.06. The van der Waals surface area contributed by atoms with Crippen LogP contribution in [0.4, 0.5) is 0 Å². The molecule has 1 saturated carbocycles. The molecule has 4 saturated heterocycles. The summed E-state index contributed by atoms with van der Waals surface area (Å²) >= 11 is 0. The number of hydrogen-bond donors (Lipinski definition) is 0. The normalized spacial score (nSPS) is 47.5. The van der Waals surface area contributed by atoms with Gasteiger partial charge in [0.1, 0.15) is 5.78 Å². The van der Waals surface area contributed by atoms with Crippen molar-refractivity contribution in [3.63, 3.8) is 0 Å². The molecule has 0 amide bonds. The second kappa shape index (κ2) is 7.54. The summed E-state index contributed by atoms with van der Waals surface area (Å²) < 4.78 is 18.4. The molecule has 1 spiro atoms. The summed E-state index contributed by atoms with van der Waals surface area (Å²) in [5.74, 6) is -0.713. The number of carbonyl (C=O) groups is 2. The first-order chi connectivity index (χ1) is 14.0. The van der Waals surface area contributed by atoms with E-state index in [4.69, 9.17) is 24.0 Å². The fourth-order valence-corrected chi connectivity index (χ4v) is 6.00. The number of fused-ring (bicyclic) bond motifs is 2. The van der Waals surface area contributed by atoms with Crippen LogP contribution in [0.25, 0.3) is 0 Å². The third-order valence-corrected chi connectivity index (χ3v) is 8.36. The van der Waals surface area contributed by atoms with Crippen molar-refractivity contribution in [2.45, 2.75) is 104 Å². The van der Waals surface area contributed by atoms with E-state index >= 15 is 0 Å². The Labute approximate surface area is 179 Å². The molecule has 0 aromatic heterocycles. The molecule has 0 N–H and O–H groups in total. The molecule has 5 aliphatic rings. The largest absolute Gasteiger partial charge is 0.435 e. The lowest BCUT2D eigenvalue weighted by molar-refractivity contribution is -0.586. The molecule has 170 valence electrons. The summed E-state index contributed by atoms with van der Waals surface area (Å²) in [6.45, 7) is 12.1. The molecule has 8 atom stereocenters. The second-order valence-corrected chi connectivity index (χ2v) is 10.5. The maximum absolute atomic E-state index is 12.5. The minimum Gasteiger partial charge on any atom is -0.435 e. The number of hydrogen-bond acceptors (Lipinski definition) is 7. The first kappa shape index (κ1) is 22.2. The third-order valence-electron chi connectivity index (χ3n) is 8.36. The zero-order valence-electron chi connectivity index (χ0n) is 19.1. The van der Waals surface area contributed by atoms with Gasteiger partial charge in [0.25, 0.3) is 0 Å². The number of ketones is 1. The number of carbonyl (C=O) groups excluding carboxylic acids is 2. The standard InChI is InChI=1S/C23H36O7/c1-13(2)17(24)7-8-18(25)26-19-15(4)21(5)11-9-14(3)16-10-12-22(6)28-20(27-19)23(16,21)30-29-22/h13-16,19-20H,7-12H2,1-6H3/t14-,15+,16+,19-,20-,21+,22-,23+/m1/s1. The molecule has 4 heterocycles. The molecular weight excluding hydrogens is 388 g/mol. The van der Waals surface area contributed by atoms with E-state index in [1.54, 1.807) is 0 Å². The third kappa shape index (κ3) is 3.24. The zero-order chi connectivity index (χ0) is 21.9. The Morgan fingerprint density at radius 1 is 1.07 bits per heavy atom. The Hall–Kier alpha value is -1.02. The Bertz CT molecular complexity index is 708. The van der Waals surface area contributed by atoms with Crippen molar-refractivity contribution < 1.29 is 33.6 Å². The van der Waals surface area contributed by atoms with Crippen LogP contribution in [-0.4, -0.2) is 35.7 Å². The van der Waals surface area contributed by atoms with E-state index in [-0.39, 0.29) is 41.8 Å². The SMILES string of the molecule is CC(C)C(=O)CCC(=O)O[C@@H]1O[C@@H]2O[C@@]3(C)CC[C@H]4[C@H](C)CC[C@@](C)([C@H]1C)[C@@]24OO3. The van der Waals surface area contributed by atoms with E-state index in [2.05, 4.69) is 20.8 Å². The van der Waals surface area contributed by atoms with Gasteiger partial charge in [0.2, 0.25) is 12.1 Å². The molecular formula is C23H36O7. The van der Waals surface area contributed by atoms with Gasteiger partial charge in [-0.15, -0.1) is 0 Å². The van der Waals surface area contributed by atoms with E-state index in [0.717, 1.165) is 25.7 Å². The van der Waals surface area contributed by atoms with Crippen molar-refractivity contribution in [3.05, 3.63) is 0 Å². The maximum atomic E-state index is 12.5. The van der Waals surface area contributed by atoms with Gasteiger partial charge in [-0.3, -0.25) is 9.59 Å². The Kier molecular flexibility index (Phi) is 5.57. The molecule has 30 heavy (non-hydrogen) atoms. The fraction of sp³-hybridized carbons (Fsp3) is 0.913. The van der Waals surface area contributed by atoms with Gasteiger partial charge in [-0.05, 0) is 38.0 Å². The first-order valence-electron chi connectivity index (χ1n) is 11.4. The van der Waals surface area contributed by atoms with E-state index < -0.39 is 29.9 Å². The quantitative estimate of drug-likeness (QED) is 0.485. The fourth-order valence-electron chi connectivity index (χ4n) is 6.00. The van der Waals surface area contributed by atoms with Crippen molar-refractivity contribution in [3.8, 4) is 0 Å². The predicted octanol–water partition coefficient (Wildman–Crippen LogP) is 4.13. The highest BCUT2D eigenvalue weighted by Crippen LogP contribution is 2.66. The lowest BCUT2D eigenvalue weighted by atomic mass is 9.50. The molecule has 1 aliphatic carbocycles. The lowest BCUT2D eigenvalue weighted by Gasteiger charge is -2.65. The summed E-state index contributed by atoms with van der Waals surface area (Å²) in [7, 11) is 0. The highest BCUT2D eigenvalue weighted by atomic mass is 17.3. The molecule has 0 aromatic carbocycles. The van der Waals surface area contributed by atoms with Crippen LogP contribution in [-0.2, 0) is 33.6 Å². The summed E-state index contributed by atoms with van der Waals surface area (Å²) in [5, 5.41) is 0. The highest BCUT2D eigenvalue weighted by Gasteiger charge is 2.74. The Morgan fingerprint density at radius 2 is 1.80 bits per heavy atom. The topological polar surface area (TPSA) is 80.3 Å². The summed E-state index contributed by atoms with van der Waals surface area (Å²) in [6, 6.07) is 0. The minimum atomic E-state index is -0.868. The van der Waals surface area contributed by atoms with Gasteiger partial charge < -0.3 is 14.2 Å². The number of Topliss-reactive ketones (excluding diaryl/α,β-unsaturated/α-hetero) is 1. The molecule has 0 unspecified atom stereocenters. The van der Waals surface area contributed by atoms with Gasteiger partial charge in [0.15, 0.2) is 11.9 Å². The van der Waals surface area contributed by atoms with Crippen LogP contribution in [0.5, 0.6) is 0 Å². The van der Waals surface area contributed by atoms with Gasteiger partial charge in [-0.1, -0.05) is 34.6 Å². The van der Waals surface area contributed by atoms with Crippen LogP contribution in [0.1, 0.15) is 80.1 Å². The van der Waals surface area contributed by atoms with Crippen molar-refractivity contribution in [1.82, 2.24) is 0 Å². The second-order valence-electron chi connectivity index (χ2n) is 10.5. The van der Waals surface area contributed by atoms with Crippen LogP contribution >= 0.6 is 0 Å². The molecule has 7 nitrogen and oxygen atoms in total. The molecule has 7 heteroatoms. The van der Waals surface area contributed by atoms with Crippen LogP contribution in [0.15, 0.2) is 0 Å². The lowest BCUT2D eigenvalue weighted by Crippen LogP contribution is -2.74. The molecule has 0 aromatic rings. The van der Waals surface area contributed by atoms with E-state index in [9.17, 15) is 9.59 Å². The molecule has 5 rings (SSSR count). The molecule has 5 fully saturated rings. The average molecular weight is 425 g/mol. The van der Waals surface area contributed by atoms with Gasteiger partial charge in [0, 0.05) is 30.1 Å². The van der Waals surface area contributed by atoms with Crippen LogP contribution in [0.3, 0.4) is 0 Å². The van der Waals surface area contributed by atoms with Gasteiger partial charge in [-0.25, -0.2) is 9.78 Å².